The van der Waals surface area contributed by atoms with Crippen LogP contribution in [0.25, 0.3) is 5.76 Å². The third-order valence-electron chi connectivity index (χ3n) is 5.07. The number of carbonyl (C=O) groups excluding carboxylic acids is 2. The minimum absolute atomic E-state index is 0.0954. The number of amides is 1. The number of alkyl halides is 3. The molecular formula is C23H16F3NO5. The van der Waals surface area contributed by atoms with E-state index in [1.165, 1.54) is 37.6 Å². The van der Waals surface area contributed by atoms with Crippen LogP contribution in [0.15, 0.2) is 76.9 Å². The van der Waals surface area contributed by atoms with Gasteiger partial charge >= 0.3 is 6.18 Å². The number of benzene rings is 2. The summed E-state index contributed by atoms with van der Waals surface area (Å²) < 4.78 is 50.4. The SMILES string of the molecule is COc1ccccc1/C(O)=C1/C(=O)C(=O)N(c2cccc(C(F)(F)F)c2)C1c1ccco1. The molecule has 3 aromatic rings. The number of aliphatic hydroxyl groups excluding tert-OH is 1. The van der Waals surface area contributed by atoms with Crippen molar-refractivity contribution >= 4 is 23.1 Å². The fourth-order valence-corrected chi connectivity index (χ4v) is 3.63. The Morgan fingerprint density at radius 1 is 1.06 bits per heavy atom. The molecule has 0 bridgehead atoms. The Morgan fingerprint density at radius 3 is 2.47 bits per heavy atom. The number of para-hydroxylation sites is 1. The van der Waals surface area contributed by atoms with Crippen LogP contribution in [-0.2, 0) is 15.8 Å². The average molecular weight is 443 g/mol. The lowest BCUT2D eigenvalue weighted by Crippen LogP contribution is -2.29. The summed E-state index contributed by atoms with van der Waals surface area (Å²) in [7, 11) is 1.37. The second kappa shape index (κ2) is 7.92. The lowest BCUT2D eigenvalue weighted by atomic mass is 9.98. The van der Waals surface area contributed by atoms with Gasteiger partial charge in [-0.15, -0.1) is 0 Å². The van der Waals surface area contributed by atoms with Crippen molar-refractivity contribution in [3.63, 3.8) is 0 Å². The van der Waals surface area contributed by atoms with E-state index >= 15 is 0 Å². The van der Waals surface area contributed by atoms with E-state index in [1.807, 2.05) is 0 Å². The number of ether oxygens (including phenoxy) is 1. The zero-order valence-electron chi connectivity index (χ0n) is 16.6. The highest BCUT2D eigenvalue weighted by molar-refractivity contribution is 6.51. The van der Waals surface area contributed by atoms with Gasteiger partial charge in [0.2, 0.25) is 0 Å². The van der Waals surface area contributed by atoms with E-state index in [9.17, 15) is 27.9 Å². The van der Waals surface area contributed by atoms with Crippen LogP contribution in [0.4, 0.5) is 18.9 Å². The van der Waals surface area contributed by atoms with Gasteiger partial charge < -0.3 is 14.3 Å². The monoisotopic (exact) mass is 443 g/mol. The summed E-state index contributed by atoms with van der Waals surface area (Å²) in [5, 5.41) is 11.0. The van der Waals surface area contributed by atoms with E-state index in [1.54, 1.807) is 18.2 Å². The van der Waals surface area contributed by atoms with Gasteiger partial charge in [-0.2, -0.15) is 13.2 Å². The molecule has 1 aliphatic rings. The highest BCUT2D eigenvalue weighted by Gasteiger charge is 2.49. The van der Waals surface area contributed by atoms with Crippen molar-refractivity contribution in [1.29, 1.82) is 0 Å². The molecule has 1 fully saturated rings. The van der Waals surface area contributed by atoms with Crippen molar-refractivity contribution in [3.8, 4) is 5.75 Å². The maximum Gasteiger partial charge on any atom is 0.416 e. The van der Waals surface area contributed by atoms with Crippen LogP contribution in [0, 0.1) is 0 Å². The molecule has 164 valence electrons. The summed E-state index contributed by atoms with van der Waals surface area (Å²) in [6, 6.07) is 12.0. The van der Waals surface area contributed by atoms with Crippen molar-refractivity contribution in [1.82, 2.24) is 0 Å². The van der Waals surface area contributed by atoms with Crippen molar-refractivity contribution in [2.45, 2.75) is 12.2 Å². The molecule has 4 rings (SSSR count). The normalized spacial score (nSPS) is 18.2. The van der Waals surface area contributed by atoms with Crippen molar-refractivity contribution < 1.29 is 37.0 Å². The van der Waals surface area contributed by atoms with Gasteiger partial charge in [0.15, 0.2) is 0 Å². The van der Waals surface area contributed by atoms with Gasteiger partial charge in [-0.3, -0.25) is 14.5 Å². The molecule has 32 heavy (non-hydrogen) atoms. The number of halogens is 3. The zero-order valence-corrected chi connectivity index (χ0v) is 16.6. The Morgan fingerprint density at radius 2 is 1.81 bits per heavy atom. The molecule has 0 spiro atoms. The standard InChI is InChI=1S/C23H16F3NO5/c1-31-16-9-3-2-8-15(16)20(28)18-19(17-10-5-11-32-17)27(22(30)21(18)29)14-7-4-6-13(12-14)23(24,25)26/h2-12,19,28H,1H3/b20-18-. The molecule has 1 amide bonds. The molecule has 2 heterocycles. The van der Waals surface area contributed by atoms with E-state index in [-0.39, 0.29) is 28.3 Å². The Kier molecular flexibility index (Phi) is 5.25. The van der Waals surface area contributed by atoms with Crippen LogP contribution >= 0.6 is 0 Å². The lowest BCUT2D eigenvalue weighted by Gasteiger charge is -2.24. The predicted molar refractivity (Wildman–Crippen MR) is 108 cm³/mol. The van der Waals surface area contributed by atoms with Crippen molar-refractivity contribution in [2.75, 3.05) is 12.0 Å². The molecule has 1 N–H and O–H groups in total. The average Bonchev–Trinajstić information content (AvgIpc) is 3.40. The van der Waals surface area contributed by atoms with Crippen LogP contribution in [0.1, 0.15) is 22.9 Å². The molecule has 2 aromatic carbocycles. The summed E-state index contributed by atoms with van der Waals surface area (Å²) in [4.78, 5) is 26.8. The molecule has 1 unspecified atom stereocenters. The molecule has 1 aromatic heterocycles. The first-order valence-corrected chi connectivity index (χ1v) is 9.39. The number of hydrogen-bond donors (Lipinski definition) is 1. The molecule has 1 saturated heterocycles. The number of methoxy groups -OCH3 is 1. The first-order valence-electron chi connectivity index (χ1n) is 9.39. The molecule has 0 radical (unpaired) electrons. The minimum atomic E-state index is -4.65. The summed E-state index contributed by atoms with van der Waals surface area (Å²) in [6.07, 6.45) is -3.36. The number of ketones is 1. The van der Waals surface area contributed by atoms with Gasteiger partial charge in [0.05, 0.1) is 30.1 Å². The minimum Gasteiger partial charge on any atom is -0.507 e. The fourth-order valence-electron chi connectivity index (χ4n) is 3.63. The maximum atomic E-state index is 13.3. The molecular weight excluding hydrogens is 427 g/mol. The number of nitrogens with zero attached hydrogens (tertiary/aromatic N) is 1. The Balaban J connectivity index is 1.94. The van der Waals surface area contributed by atoms with Crippen LogP contribution in [0.3, 0.4) is 0 Å². The fraction of sp³-hybridized carbons (Fsp3) is 0.130. The molecule has 9 heteroatoms. The number of furan rings is 1. The highest BCUT2D eigenvalue weighted by Crippen LogP contribution is 2.44. The molecule has 6 nitrogen and oxygen atoms in total. The second-order valence-electron chi connectivity index (χ2n) is 6.93. The maximum absolute atomic E-state index is 13.3. The lowest BCUT2D eigenvalue weighted by molar-refractivity contribution is -0.137. The largest absolute Gasteiger partial charge is 0.507 e. The van der Waals surface area contributed by atoms with E-state index in [2.05, 4.69) is 0 Å². The summed E-state index contributed by atoms with van der Waals surface area (Å²) in [5.74, 6) is -2.35. The van der Waals surface area contributed by atoms with E-state index in [0.29, 0.717) is 0 Å². The van der Waals surface area contributed by atoms with Crippen LogP contribution < -0.4 is 9.64 Å². The number of anilines is 1. The van der Waals surface area contributed by atoms with Gasteiger partial charge in [-0.25, -0.2) is 0 Å². The molecule has 1 atom stereocenters. The van der Waals surface area contributed by atoms with Gasteiger partial charge in [-0.05, 0) is 42.5 Å². The quantitative estimate of drug-likeness (QED) is 0.351. The molecule has 0 aliphatic carbocycles. The predicted octanol–water partition coefficient (Wildman–Crippen LogP) is 4.93. The molecule has 1 aliphatic heterocycles. The number of hydrogen-bond acceptors (Lipinski definition) is 5. The second-order valence-corrected chi connectivity index (χ2v) is 6.93. The Hall–Kier alpha value is -4.01. The van der Waals surface area contributed by atoms with E-state index in [4.69, 9.17) is 9.15 Å². The zero-order chi connectivity index (χ0) is 23.0. The summed E-state index contributed by atoms with van der Waals surface area (Å²) in [6.45, 7) is 0. The van der Waals surface area contributed by atoms with Crippen LogP contribution in [0.2, 0.25) is 0 Å². The summed E-state index contributed by atoms with van der Waals surface area (Å²) in [5.41, 5.74) is -1.33. The van der Waals surface area contributed by atoms with Crippen LogP contribution in [-0.4, -0.2) is 23.9 Å². The van der Waals surface area contributed by atoms with Crippen molar-refractivity contribution in [3.05, 3.63) is 89.4 Å². The number of aliphatic hydroxyl groups is 1. The Labute approximate surface area is 180 Å². The van der Waals surface area contributed by atoms with E-state index < -0.39 is 35.2 Å². The van der Waals surface area contributed by atoms with Gasteiger partial charge in [-0.1, -0.05) is 18.2 Å². The van der Waals surface area contributed by atoms with Gasteiger partial charge in [0.25, 0.3) is 11.7 Å². The molecule has 0 saturated carbocycles. The van der Waals surface area contributed by atoms with Gasteiger partial charge in [0.1, 0.15) is 23.3 Å². The highest BCUT2D eigenvalue weighted by atomic mass is 19.4. The third-order valence-corrected chi connectivity index (χ3v) is 5.07. The topological polar surface area (TPSA) is 80.0 Å². The Bertz CT molecular complexity index is 1210. The number of Topliss-reactive ketones (excluding diaryl/α,β-unsaturated/α-hetero) is 1. The van der Waals surface area contributed by atoms with E-state index in [0.717, 1.165) is 23.1 Å². The number of carbonyl (C=O) groups is 2. The smallest absolute Gasteiger partial charge is 0.416 e. The van der Waals surface area contributed by atoms with Gasteiger partial charge in [0, 0.05) is 5.69 Å². The van der Waals surface area contributed by atoms with Crippen molar-refractivity contribution in [2.24, 2.45) is 0 Å². The first-order chi connectivity index (χ1) is 15.2. The summed E-state index contributed by atoms with van der Waals surface area (Å²) >= 11 is 0. The van der Waals surface area contributed by atoms with Crippen LogP contribution in [0.5, 0.6) is 5.75 Å². The number of rotatable bonds is 4. The third kappa shape index (κ3) is 3.51. The first kappa shape index (κ1) is 21.2.